The monoisotopic (exact) mass is 253 g/mol. The molecule has 2 rings (SSSR count). The van der Waals surface area contributed by atoms with Gasteiger partial charge in [-0.05, 0) is 30.3 Å². The van der Waals surface area contributed by atoms with E-state index in [2.05, 4.69) is 5.10 Å². The van der Waals surface area contributed by atoms with Gasteiger partial charge in [0.15, 0.2) is 0 Å². The third-order valence-electron chi connectivity index (χ3n) is 2.46. The molecule has 1 heterocycles. The zero-order valence-corrected chi connectivity index (χ0v) is 10.3. The van der Waals surface area contributed by atoms with E-state index in [1.165, 1.54) is 17.9 Å². The van der Waals surface area contributed by atoms with Crippen molar-refractivity contribution < 1.29 is 4.74 Å². The van der Waals surface area contributed by atoms with Crippen LogP contribution in [0.3, 0.4) is 0 Å². The van der Waals surface area contributed by atoms with Crippen LogP contribution in [0.4, 0.5) is 0 Å². The second-order valence-corrected chi connectivity index (χ2v) is 3.68. The van der Waals surface area contributed by atoms with Gasteiger partial charge in [0.25, 0.3) is 5.56 Å². The summed E-state index contributed by atoms with van der Waals surface area (Å²) in [6, 6.07) is 13.6. The van der Waals surface area contributed by atoms with Crippen molar-refractivity contribution in [3.8, 4) is 6.07 Å². The lowest BCUT2D eigenvalue weighted by molar-refractivity contribution is 0.399. The maximum absolute atomic E-state index is 11.6. The highest BCUT2D eigenvalue weighted by atomic mass is 16.5. The molecule has 0 radical (unpaired) electrons. The van der Waals surface area contributed by atoms with Crippen molar-refractivity contribution in [1.29, 1.82) is 5.26 Å². The number of aromatic nitrogens is 1. The predicted octanol–water partition coefficient (Wildman–Crippen LogP) is 1.58. The third-order valence-corrected chi connectivity index (χ3v) is 2.46. The molecule has 5 heteroatoms. The number of hydrogen-bond acceptors (Lipinski definition) is 4. The third kappa shape index (κ3) is 2.87. The Morgan fingerprint density at radius 3 is 2.58 bits per heavy atom. The molecule has 0 spiro atoms. The Hall–Kier alpha value is -2.87. The van der Waals surface area contributed by atoms with Crippen LogP contribution in [0.5, 0.6) is 0 Å². The number of benzene rings is 1. The molecule has 94 valence electrons. The molecule has 0 amide bonds. The molecule has 0 unspecified atom stereocenters. The van der Waals surface area contributed by atoms with Gasteiger partial charge in [-0.25, -0.2) is 4.68 Å². The standard InChI is InChI=1S/C14H11N3O2/c1-19-14(12-7-5-11(10-15)6-8-12)16-17-9-3-2-4-13(17)18/h2-9H,1H3/b16-14-. The van der Waals surface area contributed by atoms with Gasteiger partial charge in [0, 0.05) is 17.8 Å². The van der Waals surface area contributed by atoms with Crippen LogP contribution in [0.25, 0.3) is 0 Å². The fourth-order valence-electron chi connectivity index (χ4n) is 1.50. The molecule has 19 heavy (non-hydrogen) atoms. The highest BCUT2D eigenvalue weighted by Crippen LogP contribution is 2.05. The van der Waals surface area contributed by atoms with Crippen molar-refractivity contribution in [3.05, 3.63) is 70.1 Å². The fourth-order valence-corrected chi connectivity index (χ4v) is 1.50. The molecule has 1 aromatic carbocycles. The van der Waals surface area contributed by atoms with Gasteiger partial charge in [0.1, 0.15) is 0 Å². The Balaban J connectivity index is 2.42. The Labute approximate surface area is 110 Å². The Kier molecular flexibility index (Phi) is 3.74. The van der Waals surface area contributed by atoms with E-state index in [4.69, 9.17) is 10.00 Å². The van der Waals surface area contributed by atoms with Crippen LogP contribution in [-0.4, -0.2) is 17.7 Å². The first-order valence-corrected chi connectivity index (χ1v) is 5.56. The summed E-state index contributed by atoms with van der Waals surface area (Å²) in [5, 5.41) is 12.9. The van der Waals surface area contributed by atoms with Gasteiger partial charge >= 0.3 is 0 Å². The van der Waals surface area contributed by atoms with Crippen molar-refractivity contribution >= 4 is 5.90 Å². The van der Waals surface area contributed by atoms with Crippen molar-refractivity contribution in [2.45, 2.75) is 0 Å². The Morgan fingerprint density at radius 1 is 1.26 bits per heavy atom. The minimum absolute atomic E-state index is 0.245. The van der Waals surface area contributed by atoms with E-state index in [0.29, 0.717) is 17.0 Å². The first-order chi connectivity index (χ1) is 9.24. The van der Waals surface area contributed by atoms with Gasteiger partial charge in [-0.15, -0.1) is 5.10 Å². The van der Waals surface area contributed by atoms with Crippen LogP contribution < -0.4 is 5.56 Å². The molecule has 1 aromatic heterocycles. The minimum Gasteiger partial charge on any atom is -0.480 e. The summed E-state index contributed by atoms with van der Waals surface area (Å²) < 4.78 is 6.37. The molecule has 5 nitrogen and oxygen atoms in total. The quantitative estimate of drug-likeness (QED) is 0.602. The summed E-state index contributed by atoms with van der Waals surface area (Å²) in [4.78, 5) is 11.6. The lowest BCUT2D eigenvalue weighted by Crippen LogP contribution is -2.17. The first kappa shape index (κ1) is 12.6. The maximum atomic E-state index is 11.6. The smallest absolute Gasteiger partial charge is 0.270 e. The summed E-state index contributed by atoms with van der Waals surface area (Å²) in [7, 11) is 1.48. The Bertz CT molecular complexity index is 694. The van der Waals surface area contributed by atoms with E-state index in [0.717, 1.165) is 0 Å². The molecule has 0 saturated carbocycles. The van der Waals surface area contributed by atoms with E-state index in [1.807, 2.05) is 6.07 Å². The van der Waals surface area contributed by atoms with Crippen molar-refractivity contribution in [2.75, 3.05) is 7.11 Å². The van der Waals surface area contributed by atoms with E-state index < -0.39 is 0 Å². The summed E-state index contributed by atoms with van der Waals surface area (Å²) in [6.45, 7) is 0. The lowest BCUT2D eigenvalue weighted by Gasteiger charge is -2.05. The van der Waals surface area contributed by atoms with Crippen LogP contribution in [-0.2, 0) is 4.74 Å². The molecule has 0 aliphatic carbocycles. The van der Waals surface area contributed by atoms with Crippen molar-refractivity contribution in [1.82, 2.24) is 4.68 Å². The van der Waals surface area contributed by atoms with Crippen LogP contribution in [0, 0.1) is 11.3 Å². The van der Waals surface area contributed by atoms with E-state index in [1.54, 1.807) is 42.6 Å². The lowest BCUT2D eigenvalue weighted by atomic mass is 10.1. The Morgan fingerprint density at radius 2 is 2.00 bits per heavy atom. The normalized spacial score (nSPS) is 10.8. The molecule has 0 atom stereocenters. The molecule has 0 fully saturated rings. The second kappa shape index (κ2) is 5.65. The summed E-state index contributed by atoms with van der Waals surface area (Å²) >= 11 is 0. The largest absolute Gasteiger partial charge is 0.480 e. The van der Waals surface area contributed by atoms with Gasteiger partial charge in [-0.2, -0.15) is 5.26 Å². The van der Waals surface area contributed by atoms with Gasteiger partial charge in [-0.3, -0.25) is 4.79 Å². The minimum atomic E-state index is -0.245. The number of nitriles is 1. The number of methoxy groups -OCH3 is 1. The van der Waals surface area contributed by atoms with E-state index in [-0.39, 0.29) is 5.56 Å². The molecule has 2 aromatic rings. The molecular formula is C14H11N3O2. The zero-order chi connectivity index (χ0) is 13.7. The van der Waals surface area contributed by atoms with Crippen LogP contribution in [0.15, 0.2) is 58.6 Å². The summed E-state index contributed by atoms with van der Waals surface area (Å²) in [6.07, 6.45) is 1.55. The van der Waals surface area contributed by atoms with Gasteiger partial charge in [-0.1, -0.05) is 6.07 Å². The van der Waals surface area contributed by atoms with Gasteiger partial charge in [0.2, 0.25) is 5.90 Å². The number of rotatable bonds is 2. The molecular weight excluding hydrogens is 242 g/mol. The second-order valence-electron chi connectivity index (χ2n) is 3.68. The maximum Gasteiger partial charge on any atom is 0.270 e. The van der Waals surface area contributed by atoms with Gasteiger partial charge < -0.3 is 4.74 Å². The highest BCUT2D eigenvalue weighted by Gasteiger charge is 2.04. The van der Waals surface area contributed by atoms with Crippen LogP contribution in [0.2, 0.25) is 0 Å². The number of pyridine rings is 1. The number of ether oxygens (including phenoxy) is 1. The van der Waals surface area contributed by atoms with E-state index in [9.17, 15) is 4.79 Å². The van der Waals surface area contributed by atoms with E-state index >= 15 is 0 Å². The van der Waals surface area contributed by atoms with Crippen molar-refractivity contribution in [2.24, 2.45) is 5.10 Å². The molecule has 0 aliphatic rings. The molecule has 0 aliphatic heterocycles. The fraction of sp³-hybridized carbons (Fsp3) is 0.0714. The predicted molar refractivity (Wildman–Crippen MR) is 70.8 cm³/mol. The van der Waals surface area contributed by atoms with Crippen LogP contribution in [0.1, 0.15) is 11.1 Å². The first-order valence-electron chi connectivity index (χ1n) is 5.56. The summed E-state index contributed by atoms with van der Waals surface area (Å²) in [5.74, 6) is 0.304. The molecule has 0 bridgehead atoms. The van der Waals surface area contributed by atoms with Crippen LogP contribution >= 0.6 is 0 Å². The van der Waals surface area contributed by atoms with Crippen molar-refractivity contribution in [3.63, 3.8) is 0 Å². The zero-order valence-electron chi connectivity index (χ0n) is 10.3. The topological polar surface area (TPSA) is 67.4 Å². The van der Waals surface area contributed by atoms with Gasteiger partial charge in [0.05, 0.1) is 18.7 Å². The number of hydrogen-bond donors (Lipinski definition) is 0. The molecule has 0 saturated heterocycles. The SMILES string of the molecule is CO/C(=N\n1ccccc1=O)c1ccc(C#N)cc1. The molecule has 0 N–H and O–H groups in total. The average Bonchev–Trinajstić information content (AvgIpc) is 2.47. The number of nitrogens with zero attached hydrogens (tertiary/aromatic N) is 3. The average molecular weight is 253 g/mol. The summed E-state index contributed by atoms with van der Waals surface area (Å²) in [5.41, 5.74) is 0.999. The highest BCUT2D eigenvalue weighted by molar-refractivity contribution is 5.94.